The van der Waals surface area contributed by atoms with E-state index in [1.54, 1.807) is 12.1 Å². The Balaban J connectivity index is 0.00000169. The first kappa shape index (κ1) is 14.1. The van der Waals surface area contributed by atoms with E-state index in [-0.39, 0.29) is 29.6 Å². The predicted molar refractivity (Wildman–Crippen MR) is 57.7 cm³/mol. The van der Waals surface area contributed by atoms with Gasteiger partial charge in [-0.1, -0.05) is 11.6 Å². The number of thiol groups is 1. The number of benzene rings is 1. The van der Waals surface area contributed by atoms with E-state index in [1.165, 1.54) is 13.2 Å². The molecule has 1 rings (SSSR count). The number of ether oxygens (including phenoxy) is 1. The standard InChI is InChI=1S/C7H8ClNO3S.Na/c1-12-7-3-2-5(8)4-6(7)9-13(10)11;/h2-4,13H,1H3,(H,9,10,11);. The average molecular weight is 245 g/mol. The molecule has 7 heteroatoms. The fourth-order valence-corrected chi connectivity index (χ4v) is 1.41. The minimum absolute atomic E-state index is 0. The molecule has 0 bridgehead atoms. The Morgan fingerprint density at radius 2 is 2.07 bits per heavy atom. The number of rotatable bonds is 3. The van der Waals surface area contributed by atoms with E-state index >= 15 is 0 Å². The molecule has 0 fully saturated rings. The third-order valence-corrected chi connectivity index (χ3v) is 2.03. The number of anilines is 1. The zero-order valence-electron chi connectivity index (χ0n) is 7.78. The zero-order valence-corrected chi connectivity index (χ0v) is 11.4. The molecule has 0 aliphatic rings. The van der Waals surface area contributed by atoms with Gasteiger partial charge in [-0.3, -0.25) is 4.72 Å². The van der Waals surface area contributed by atoms with Crippen LogP contribution in [0.4, 0.5) is 5.69 Å². The number of halogens is 1. The number of hydrogen-bond acceptors (Lipinski definition) is 3. The van der Waals surface area contributed by atoms with E-state index in [0.717, 1.165) is 0 Å². The summed E-state index contributed by atoms with van der Waals surface area (Å²) in [5, 5.41) is 0.445. The molecule has 1 N–H and O–H groups in total. The monoisotopic (exact) mass is 244 g/mol. The molecular formula is C7H8ClNNaO3S. The van der Waals surface area contributed by atoms with Crippen molar-refractivity contribution in [2.24, 2.45) is 0 Å². The number of nitrogens with one attached hydrogen (secondary N) is 1. The molecule has 0 aromatic heterocycles. The molecule has 1 aromatic carbocycles. The van der Waals surface area contributed by atoms with E-state index < -0.39 is 10.9 Å². The van der Waals surface area contributed by atoms with Crippen LogP contribution in [0.1, 0.15) is 0 Å². The fourth-order valence-electron chi connectivity index (χ4n) is 0.866. The van der Waals surface area contributed by atoms with Crippen LogP contribution < -0.4 is 9.46 Å². The second-order valence-electron chi connectivity index (χ2n) is 2.21. The first-order valence-electron chi connectivity index (χ1n) is 3.38. The molecule has 1 radical (unpaired) electrons. The number of methoxy groups -OCH3 is 1. The molecule has 0 amide bonds. The third kappa shape index (κ3) is 4.06. The Hall–Kier alpha value is 0.0600. The average Bonchev–Trinajstić information content (AvgIpc) is 2.03. The van der Waals surface area contributed by atoms with Crippen LogP contribution in [0.2, 0.25) is 5.02 Å². The minimum atomic E-state index is -2.70. The quantitative estimate of drug-likeness (QED) is 0.614. The van der Waals surface area contributed by atoms with Crippen LogP contribution in [0.25, 0.3) is 0 Å². The van der Waals surface area contributed by atoms with Gasteiger partial charge in [0.05, 0.1) is 12.8 Å². The summed E-state index contributed by atoms with van der Waals surface area (Å²) in [6, 6.07) is 4.68. The van der Waals surface area contributed by atoms with Crippen molar-refractivity contribution in [2.75, 3.05) is 11.8 Å². The molecule has 0 atom stereocenters. The molecule has 0 saturated heterocycles. The molecule has 4 nitrogen and oxygen atoms in total. The van der Waals surface area contributed by atoms with E-state index in [2.05, 4.69) is 4.72 Å². The Morgan fingerprint density at radius 3 is 2.57 bits per heavy atom. The van der Waals surface area contributed by atoms with Gasteiger partial charge in [-0.25, -0.2) is 8.42 Å². The van der Waals surface area contributed by atoms with E-state index in [0.29, 0.717) is 16.5 Å². The summed E-state index contributed by atoms with van der Waals surface area (Å²) in [5.41, 5.74) is 0.339. The van der Waals surface area contributed by atoms with Gasteiger partial charge in [0.1, 0.15) is 5.75 Å². The largest absolute Gasteiger partial charge is 0.495 e. The Kier molecular flexibility index (Phi) is 6.55. The molecule has 14 heavy (non-hydrogen) atoms. The van der Waals surface area contributed by atoms with Crippen molar-refractivity contribution in [3.8, 4) is 5.75 Å². The summed E-state index contributed by atoms with van der Waals surface area (Å²) < 4.78 is 27.9. The maximum atomic E-state index is 10.4. The van der Waals surface area contributed by atoms with Crippen molar-refractivity contribution >= 4 is 57.7 Å². The van der Waals surface area contributed by atoms with Crippen LogP contribution in [0.15, 0.2) is 18.2 Å². The Bertz CT molecular complexity index is 375. The predicted octanol–water partition coefficient (Wildman–Crippen LogP) is 0.906. The second kappa shape index (κ2) is 6.53. The van der Waals surface area contributed by atoms with E-state index in [4.69, 9.17) is 16.3 Å². The van der Waals surface area contributed by atoms with Crippen LogP contribution in [0.5, 0.6) is 5.75 Å². The number of hydrogen-bond donors (Lipinski definition) is 2. The van der Waals surface area contributed by atoms with Gasteiger partial charge in [0, 0.05) is 34.6 Å². The molecule has 0 spiro atoms. The molecule has 73 valence electrons. The maximum absolute atomic E-state index is 10.4. The van der Waals surface area contributed by atoms with Crippen molar-refractivity contribution in [3.05, 3.63) is 23.2 Å². The van der Waals surface area contributed by atoms with Crippen molar-refractivity contribution in [1.82, 2.24) is 0 Å². The normalized spacial score (nSPS) is 9.36. The van der Waals surface area contributed by atoms with Crippen LogP contribution in [-0.2, 0) is 10.9 Å². The molecule has 0 saturated carbocycles. The molecule has 0 unspecified atom stereocenters. The molecule has 0 aliphatic heterocycles. The summed E-state index contributed by atoms with van der Waals surface area (Å²) in [6.45, 7) is 0. The Morgan fingerprint density at radius 1 is 1.43 bits per heavy atom. The van der Waals surface area contributed by atoms with Crippen LogP contribution in [0, 0.1) is 0 Å². The van der Waals surface area contributed by atoms with Gasteiger partial charge < -0.3 is 4.74 Å². The molecule has 0 heterocycles. The van der Waals surface area contributed by atoms with Gasteiger partial charge in [-0.05, 0) is 18.2 Å². The maximum Gasteiger partial charge on any atom is 0.222 e. The summed E-state index contributed by atoms with van der Waals surface area (Å²) in [4.78, 5) is 0. The van der Waals surface area contributed by atoms with Crippen LogP contribution >= 0.6 is 11.6 Å². The van der Waals surface area contributed by atoms with Gasteiger partial charge >= 0.3 is 0 Å². The van der Waals surface area contributed by atoms with Crippen molar-refractivity contribution in [2.45, 2.75) is 0 Å². The van der Waals surface area contributed by atoms with Gasteiger partial charge in [0.25, 0.3) is 0 Å². The third-order valence-electron chi connectivity index (χ3n) is 1.37. The van der Waals surface area contributed by atoms with Crippen molar-refractivity contribution in [3.63, 3.8) is 0 Å². The SMILES string of the molecule is COc1ccc(Cl)cc1N[SH](=O)=O.[Na]. The molecular weight excluding hydrogens is 237 g/mol. The fraction of sp³-hybridized carbons (Fsp3) is 0.143. The zero-order chi connectivity index (χ0) is 9.84. The smallest absolute Gasteiger partial charge is 0.222 e. The van der Waals surface area contributed by atoms with Crippen molar-refractivity contribution in [1.29, 1.82) is 0 Å². The van der Waals surface area contributed by atoms with E-state index in [9.17, 15) is 8.42 Å². The molecule has 1 aromatic rings. The molecule has 0 aliphatic carbocycles. The van der Waals surface area contributed by atoms with Gasteiger partial charge in [-0.2, -0.15) is 0 Å². The first-order chi connectivity index (χ1) is 6.13. The van der Waals surface area contributed by atoms with Crippen LogP contribution in [-0.4, -0.2) is 45.1 Å². The first-order valence-corrected chi connectivity index (χ1v) is 4.93. The summed E-state index contributed by atoms with van der Waals surface area (Å²) in [5.74, 6) is 0.434. The topological polar surface area (TPSA) is 55.4 Å². The van der Waals surface area contributed by atoms with Gasteiger partial charge in [0.2, 0.25) is 10.9 Å². The van der Waals surface area contributed by atoms with Crippen molar-refractivity contribution < 1.29 is 13.2 Å². The summed E-state index contributed by atoms with van der Waals surface area (Å²) in [6.07, 6.45) is 0. The second-order valence-corrected chi connectivity index (χ2v) is 3.39. The minimum Gasteiger partial charge on any atom is -0.495 e. The van der Waals surface area contributed by atoms with Gasteiger partial charge in [-0.15, -0.1) is 0 Å². The van der Waals surface area contributed by atoms with E-state index in [1.807, 2.05) is 0 Å². The van der Waals surface area contributed by atoms with Gasteiger partial charge in [0.15, 0.2) is 0 Å². The summed E-state index contributed by atoms with van der Waals surface area (Å²) in [7, 11) is -1.25. The summed E-state index contributed by atoms with van der Waals surface area (Å²) >= 11 is 5.66. The van der Waals surface area contributed by atoms with Crippen LogP contribution in [0.3, 0.4) is 0 Å². The Labute approximate surface area is 111 Å².